The third-order valence-corrected chi connectivity index (χ3v) is 6.44. The van der Waals surface area contributed by atoms with Gasteiger partial charge in [0.25, 0.3) is 0 Å². The Balaban J connectivity index is 1.73. The van der Waals surface area contributed by atoms with Crippen LogP contribution in [0.5, 0.6) is 0 Å². The van der Waals surface area contributed by atoms with Gasteiger partial charge in [-0.3, -0.25) is 0 Å². The number of ether oxygens (including phenoxy) is 5. The van der Waals surface area contributed by atoms with Crippen LogP contribution in [-0.4, -0.2) is 62.3 Å². The normalized spacial score (nSPS) is 22.4. The first-order valence-electron chi connectivity index (χ1n) is 12.3. The average molecular weight is 584 g/mol. The van der Waals surface area contributed by atoms with Crippen LogP contribution in [0.15, 0.2) is 91.0 Å². The Hall–Kier alpha value is -3.90. The van der Waals surface area contributed by atoms with Gasteiger partial charge in [0, 0.05) is 7.11 Å². The number of phosphoric acid groups is 1. The van der Waals surface area contributed by atoms with Gasteiger partial charge in [-0.2, -0.15) is 0 Å². The van der Waals surface area contributed by atoms with Crippen molar-refractivity contribution in [3.05, 3.63) is 108 Å². The SMILES string of the molecule is CO[C@H]1O[C@H](COP(=O)([O-])[O-])[C@@H](OC(=O)c2ccccc2)[C@H](OC(=O)c2ccccc2)[C@H]1OC(=O)c1ccccc1. The zero-order valence-electron chi connectivity index (χ0n) is 21.6. The highest BCUT2D eigenvalue weighted by Gasteiger charge is 2.53. The largest absolute Gasteiger partial charge is 0.790 e. The zero-order chi connectivity index (χ0) is 29.4. The summed E-state index contributed by atoms with van der Waals surface area (Å²) >= 11 is 0. The average Bonchev–Trinajstić information content (AvgIpc) is 2.98. The molecule has 5 atom stereocenters. The van der Waals surface area contributed by atoms with E-state index in [0.29, 0.717) is 0 Å². The molecule has 4 rings (SSSR count). The minimum absolute atomic E-state index is 0.102. The van der Waals surface area contributed by atoms with Crippen molar-refractivity contribution in [2.75, 3.05) is 13.7 Å². The van der Waals surface area contributed by atoms with Crippen LogP contribution >= 0.6 is 7.82 Å². The Morgan fingerprint density at radius 3 is 1.46 bits per heavy atom. The van der Waals surface area contributed by atoms with E-state index in [1.807, 2.05) is 0 Å². The highest BCUT2D eigenvalue weighted by molar-refractivity contribution is 7.43. The number of hydrogen-bond donors (Lipinski definition) is 0. The van der Waals surface area contributed by atoms with E-state index in [1.165, 1.54) is 43.5 Å². The van der Waals surface area contributed by atoms with Gasteiger partial charge in [-0.1, -0.05) is 54.6 Å². The third kappa shape index (κ3) is 8.08. The summed E-state index contributed by atoms with van der Waals surface area (Å²) < 4.78 is 43.9. The number of rotatable bonds is 10. The molecule has 0 radical (unpaired) electrons. The van der Waals surface area contributed by atoms with Gasteiger partial charge in [-0.05, 0) is 36.4 Å². The van der Waals surface area contributed by atoms with Gasteiger partial charge in [-0.25, -0.2) is 14.4 Å². The Labute approximate surface area is 234 Å². The fourth-order valence-electron chi connectivity index (χ4n) is 4.07. The van der Waals surface area contributed by atoms with Crippen LogP contribution in [0.3, 0.4) is 0 Å². The van der Waals surface area contributed by atoms with Crippen LogP contribution in [0.25, 0.3) is 0 Å². The molecule has 41 heavy (non-hydrogen) atoms. The fourth-order valence-corrected chi connectivity index (χ4v) is 4.40. The van der Waals surface area contributed by atoms with Gasteiger partial charge in [-0.15, -0.1) is 0 Å². The number of benzene rings is 3. The number of esters is 3. The minimum Gasteiger partial charge on any atom is -0.790 e. The number of carbonyl (C=O) groups is 3. The molecule has 0 N–H and O–H groups in total. The molecule has 0 aromatic heterocycles. The molecule has 0 aliphatic carbocycles. The third-order valence-electron chi connectivity index (χ3n) is 5.98. The standard InChI is InChI=1S/C28H27O12P/c1-35-28-24(40-27(31)20-15-9-4-10-16-20)23(39-26(30)19-13-7-3-8-14-19)22(21(37-28)17-36-41(32,33)34)38-25(29)18-11-5-2-6-12-18/h2-16,21-24,28H,17H2,1H3,(H2,32,33,34)/p-2/t21-,22-,23+,24-,28+/m1/s1. The second kappa shape index (κ2) is 13.6. The molecule has 1 saturated heterocycles. The first kappa shape index (κ1) is 30.1. The molecule has 1 heterocycles. The molecule has 1 aliphatic rings. The van der Waals surface area contributed by atoms with E-state index in [4.69, 9.17) is 23.7 Å². The number of methoxy groups -OCH3 is 1. The molecular weight excluding hydrogens is 559 g/mol. The summed E-state index contributed by atoms with van der Waals surface area (Å²) in [5.74, 6) is -2.62. The van der Waals surface area contributed by atoms with E-state index in [-0.39, 0.29) is 16.7 Å². The van der Waals surface area contributed by atoms with Gasteiger partial charge in [0.1, 0.15) is 6.10 Å². The summed E-state index contributed by atoms with van der Waals surface area (Å²) in [5, 5.41) is 0. The molecule has 216 valence electrons. The van der Waals surface area contributed by atoms with Crippen molar-refractivity contribution in [2.45, 2.75) is 30.7 Å². The predicted molar refractivity (Wildman–Crippen MR) is 136 cm³/mol. The van der Waals surface area contributed by atoms with Crippen molar-refractivity contribution in [1.82, 2.24) is 0 Å². The van der Waals surface area contributed by atoms with E-state index in [9.17, 15) is 28.7 Å². The summed E-state index contributed by atoms with van der Waals surface area (Å²) in [6.07, 6.45) is -7.72. The quantitative estimate of drug-likeness (QED) is 0.193. The maximum absolute atomic E-state index is 13.2. The Kier molecular flexibility index (Phi) is 10.0. The highest BCUT2D eigenvalue weighted by Crippen LogP contribution is 2.33. The van der Waals surface area contributed by atoms with Gasteiger partial charge < -0.3 is 42.6 Å². The van der Waals surface area contributed by atoms with E-state index in [1.54, 1.807) is 54.6 Å². The summed E-state index contributed by atoms with van der Waals surface area (Å²) in [6.45, 7) is -0.921. The molecule has 0 spiro atoms. The van der Waals surface area contributed by atoms with Crippen molar-refractivity contribution < 1.29 is 56.9 Å². The Morgan fingerprint density at radius 1 is 0.683 bits per heavy atom. The number of carbonyl (C=O) groups excluding carboxylic acids is 3. The van der Waals surface area contributed by atoms with Gasteiger partial charge in [0.15, 0.2) is 24.6 Å². The van der Waals surface area contributed by atoms with Crippen LogP contribution in [0, 0.1) is 0 Å². The van der Waals surface area contributed by atoms with E-state index >= 15 is 0 Å². The maximum atomic E-state index is 13.2. The van der Waals surface area contributed by atoms with Crippen LogP contribution in [0.1, 0.15) is 31.1 Å². The fraction of sp³-hybridized carbons (Fsp3) is 0.250. The number of hydrogen-bond acceptors (Lipinski definition) is 12. The first-order valence-corrected chi connectivity index (χ1v) is 13.8. The molecule has 1 fully saturated rings. The lowest BCUT2D eigenvalue weighted by molar-refractivity contribution is -0.347. The molecule has 12 nitrogen and oxygen atoms in total. The van der Waals surface area contributed by atoms with E-state index < -0.39 is 63.0 Å². The highest BCUT2D eigenvalue weighted by atomic mass is 31.2. The molecule has 0 saturated carbocycles. The van der Waals surface area contributed by atoms with Crippen LogP contribution in [0.4, 0.5) is 0 Å². The number of phosphoric ester groups is 1. The molecule has 3 aromatic carbocycles. The summed E-state index contributed by atoms with van der Waals surface area (Å²) in [4.78, 5) is 61.9. The first-order chi connectivity index (χ1) is 19.7. The van der Waals surface area contributed by atoms with Gasteiger partial charge in [0.05, 0.1) is 31.1 Å². The van der Waals surface area contributed by atoms with Crippen molar-refractivity contribution in [1.29, 1.82) is 0 Å². The van der Waals surface area contributed by atoms with Crippen molar-refractivity contribution in [3.63, 3.8) is 0 Å². The van der Waals surface area contributed by atoms with Gasteiger partial charge in [0.2, 0.25) is 0 Å². The second-order valence-electron chi connectivity index (χ2n) is 8.73. The van der Waals surface area contributed by atoms with Crippen LogP contribution in [-0.2, 0) is 32.8 Å². The topological polar surface area (TPSA) is 170 Å². The van der Waals surface area contributed by atoms with Crippen LogP contribution in [0.2, 0.25) is 0 Å². The van der Waals surface area contributed by atoms with Crippen molar-refractivity contribution in [2.24, 2.45) is 0 Å². The Morgan fingerprint density at radius 2 is 1.07 bits per heavy atom. The molecule has 0 amide bonds. The maximum Gasteiger partial charge on any atom is 0.338 e. The summed E-state index contributed by atoms with van der Waals surface area (Å²) in [6, 6.07) is 23.4. The van der Waals surface area contributed by atoms with E-state index in [2.05, 4.69) is 4.52 Å². The molecule has 0 unspecified atom stereocenters. The lowest BCUT2D eigenvalue weighted by atomic mass is 9.97. The zero-order valence-corrected chi connectivity index (χ0v) is 22.5. The van der Waals surface area contributed by atoms with E-state index in [0.717, 1.165) is 0 Å². The second-order valence-corrected chi connectivity index (χ2v) is 9.88. The Bertz CT molecular complexity index is 1360. The minimum atomic E-state index is -5.51. The van der Waals surface area contributed by atoms with Crippen LogP contribution < -0.4 is 9.79 Å². The predicted octanol–water partition coefficient (Wildman–Crippen LogP) is 1.88. The molecule has 1 aliphatic heterocycles. The summed E-state index contributed by atoms with van der Waals surface area (Å²) in [7, 11) is -4.31. The molecular formula is C28H25O12P-2. The molecule has 0 bridgehead atoms. The van der Waals surface area contributed by atoms with Crippen molar-refractivity contribution >= 4 is 25.7 Å². The lowest BCUT2D eigenvalue weighted by Gasteiger charge is -2.44. The van der Waals surface area contributed by atoms with Gasteiger partial charge >= 0.3 is 17.9 Å². The monoisotopic (exact) mass is 584 g/mol. The van der Waals surface area contributed by atoms with Crippen molar-refractivity contribution in [3.8, 4) is 0 Å². The smallest absolute Gasteiger partial charge is 0.338 e. The lowest BCUT2D eigenvalue weighted by Crippen LogP contribution is -2.63. The summed E-state index contributed by atoms with van der Waals surface area (Å²) in [5.41, 5.74) is 0.369. The molecule has 3 aromatic rings. The molecule has 13 heteroatoms.